The Morgan fingerprint density at radius 3 is 2.77 bits per heavy atom. The van der Waals surface area contributed by atoms with Crippen LogP contribution in [0.25, 0.3) is 11.3 Å². The van der Waals surface area contributed by atoms with Gasteiger partial charge in [-0.25, -0.2) is 0 Å². The van der Waals surface area contributed by atoms with Gasteiger partial charge in [0.05, 0.1) is 5.69 Å². The van der Waals surface area contributed by atoms with E-state index in [0.29, 0.717) is 22.9 Å². The van der Waals surface area contributed by atoms with E-state index in [1.807, 2.05) is 30.3 Å². The summed E-state index contributed by atoms with van der Waals surface area (Å²) in [5, 5.41) is 6.58. The zero-order valence-electron chi connectivity index (χ0n) is 13.9. The summed E-state index contributed by atoms with van der Waals surface area (Å²) in [6.07, 6.45) is 0. The zero-order chi connectivity index (χ0) is 18.1. The number of ether oxygens (including phenoxy) is 1. The number of rotatable bonds is 3. The fraction of sp³-hybridized carbons (Fsp3) is 0.105. The summed E-state index contributed by atoms with van der Waals surface area (Å²) < 4.78 is 10.6. The molecule has 0 unspecified atom stereocenters. The standard InChI is InChI=1S/C19H15N3O4/c1-22-15-9-13(7-8-16(15)25-11-18(22)23)20-19(24)14-10-17(26-21-14)12-5-3-2-4-6-12/h2-10H,11H2,1H3,(H,20,24). The van der Waals surface area contributed by atoms with Crippen molar-refractivity contribution in [2.75, 3.05) is 23.9 Å². The monoisotopic (exact) mass is 349 g/mol. The minimum atomic E-state index is -0.401. The van der Waals surface area contributed by atoms with Crippen molar-refractivity contribution in [3.05, 3.63) is 60.3 Å². The van der Waals surface area contributed by atoms with E-state index in [1.165, 1.54) is 4.90 Å². The smallest absolute Gasteiger partial charge is 0.277 e. The van der Waals surface area contributed by atoms with Gasteiger partial charge in [0.15, 0.2) is 18.1 Å². The van der Waals surface area contributed by atoms with Crippen molar-refractivity contribution in [3.63, 3.8) is 0 Å². The van der Waals surface area contributed by atoms with Gasteiger partial charge in [-0.1, -0.05) is 35.5 Å². The molecule has 130 valence electrons. The van der Waals surface area contributed by atoms with E-state index in [-0.39, 0.29) is 18.2 Å². The lowest BCUT2D eigenvalue weighted by Crippen LogP contribution is -2.35. The summed E-state index contributed by atoms with van der Waals surface area (Å²) in [5.41, 5.74) is 2.14. The highest BCUT2D eigenvalue weighted by atomic mass is 16.5. The van der Waals surface area contributed by atoms with Crippen LogP contribution in [0.5, 0.6) is 5.75 Å². The maximum atomic E-state index is 12.4. The molecule has 1 N–H and O–H groups in total. The number of benzene rings is 2. The minimum absolute atomic E-state index is 0.0103. The first-order valence-corrected chi connectivity index (χ1v) is 7.99. The number of hydrogen-bond donors (Lipinski definition) is 1. The molecule has 0 aliphatic carbocycles. The van der Waals surface area contributed by atoms with Crippen LogP contribution in [0.4, 0.5) is 11.4 Å². The number of amides is 2. The number of nitrogens with zero attached hydrogens (tertiary/aromatic N) is 2. The molecular weight excluding hydrogens is 334 g/mol. The summed E-state index contributed by atoms with van der Waals surface area (Å²) in [6, 6.07) is 16.1. The Hall–Kier alpha value is -3.61. The lowest BCUT2D eigenvalue weighted by atomic mass is 10.1. The molecule has 2 aromatic carbocycles. The van der Waals surface area contributed by atoms with Crippen molar-refractivity contribution >= 4 is 23.2 Å². The SMILES string of the molecule is CN1C(=O)COc2ccc(NC(=O)c3cc(-c4ccccc4)on3)cc21. The van der Waals surface area contributed by atoms with Crippen LogP contribution < -0.4 is 15.0 Å². The normalized spacial score (nSPS) is 13.1. The summed E-state index contributed by atoms with van der Waals surface area (Å²) in [6.45, 7) is 0.0103. The summed E-state index contributed by atoms with van der Waals surface area (Å²) in [5.74, 6) is 0.560. The second-order valence-electron chi connectivity index (χ2n) is 5.82. The lowest BCUT2D eigenvalue weighted by Gasteiger charge is -2.26. The van der Waals surface area contributed by atoms with Crippen LogP contribution in [0.15, 0.2) is 59.1 Å². The van der Waals surface area contributed by atoms with Crippen LogP contribution in [0.3, 0.4) is 0 Å². The fourth-order valence-corrected chi connectivity index (χ4v) is 2.67. The van der Waals surface area contributed by atoms with Gasteiger partial charge in [-0.05, 0) is 18.2 Å². The molecule has 0 saturated carbocycles. The Balaban J connectivity index is 1.54. The highest BCUT2D eigenvalue weighted by Crippen LogP contribution is 2.33. The maximum absolute atomic E-state index is 12.4. The van der Waals surface area contributed by atoms with E-state index < -0.39 is 5.91 Å². The molecule has 0 bridgehead atoms. The number of hydrogen-bond acceptors (Lipinski definition) is 5. The van der Waals surface area contributed by atoms with Gasteiger partial charge in [0.2, 0.25) is 0 Å². The summed E-state index contributed by atoms with van der Waals surface area (Å²) in [4.78, 5) is 25.7. The van der Waals surface area contributed by atoms with Gasteiger partial charge in [0, 0.05) is 24.4 Å². The molecule has 1 aromatic heterocycles. The molecular formula is C19H15N3O4. The summed E-state index contributed by atoms with van der Waals surface area (Å²) >= 11 is 0. The van der Waals surface area contributed by atoms with Gasteiger partial charge >= 0.3 is 0 Å². The zero-order valence-corrected chi connectivity index (χ0v) is 13.9. The topological polar surface area (TPSA) is 84.7 Å². The maximum Gasteiger partial charge on any atom is 0.277 e. The fourth-order valence-electron chi connectivity index (χ4n) is 2.67. The van der Waals surface area contributed by atoms with Crippen LogP contribution in [0, 0.1) is 0 Å². The molecule has 0 saturated heterocycles. The van der Waals surface area contributed by atoms with Crippen molar-refractivity contribution in [2.24, 2.45) is 0 Å². The van der Waals surface area contributed by atoms with E-state index in [4.69, 9.17) is 9.26 Å². The molecule has 0 radical (unpaired) electrons. The van der Waals surface area contributed by atoms with Crippen LogP contribution in [0.2, 0.25) is 0 Å². The van der Waals surface area contributed by atoms with E-state index in [1.54, 1.807) is 31.3 Å². The van der Waals surface area contributed by atoms with Crippen molar-refractivity contribution < 1.29 is 18.8 Å². The molecule has 7 nitrogen and oxygen atoms in total. The molecule has 2 heterocycles. The second-order valence-corrected chi connectivity index (χ2v) is 5.82. The predicted octanol–water partition coefficient (Wildman–Crippen LogP) is 2.95. The Morgan fingerprint density at radius 1 is 1.15 bits per heavy atom. The molecule has 0 atom stereocenters. The number of nitrogens with one attached hydrogen (secondary N) is 1. The van der Waals surface area contributed by atoms with Crippen molar-refractivity contribution in [2.45, 2.75) is 0 Å². The third kappa shape index (κ3) is 2.90. The van der Waals surface area contributed by atoms with Gasteiger partial charge in [-0.15, -0.1) is 0 Å². The van der Waals surface area contributed by atoms with E-state index in [0.717, 1.165) is 5.56 Å². The minimum Gasteiger partial charge on any atom is -0.482 e. The molecule has 3 aromatic rings. The molecule has 26 heavy (non-hydrogen) atoms. The van der Waals surface area contributed by atoms with Gasteiger partial charge in [0.25, 0.3) is 11.8 Å². The number of carbonyl (C=O) groups excluding carboxylic acids is 2. The van der Waals surface area contributed by atoms with Gasteiger partial charge in [0.1, 0.15) is 5.75 Å². The molecule has 0 spiro atoms. The average Bonchev–Trinajstić information content (AvgIpc) is 3.16. The Labute approximate surface area is 149 Å². The van der Waals surface area contributed by atoms with E-state index >= 15 is 0 Å². The van der Waals surface area contributed by atoms with Crippen molar-refractivity contribution in [1.29, 1.82) is 0 Å². The van der Waals surface area contributed by atoms with E-state index in [2.05, 4.69) is 10.5 Å². The number of likely N-dealkylation sites (N-methyl/N-ethyl adjacent to an activating group) is 1. The predicted molar refractivity (Wildman–Crippen MR) is 95.2 cm³/mol. The third-order valence-electron chi connectivity index (χ3n) is 4.10. The van der Waals surface area contributed by atoms with Crippen LogP contribution in [-0.4, -0.2) is 30.6 Å². The van der Waals surface area contributed by atoms with Gasteiger partial charge in [-0.3, -0.25) is 9.59 Å². The molecule has 0 fully saturated rings. The summed E-state index contributed by atoms with van der Waals surface area (Å²) in [7, 11) is 1.67. The molecule has 1 aliphatic rings. The average molecular weight is 349 g/mol. The van der Waals surface area contributed by atoms with E-state index in [9.17, 15) is 9.59 Å². The largest absolute Gasteiger partial charge is 0.482 e. The molecule has 7 heteroatoms. The Bertz CT molecular complexity index is 981. The van der Waals surface area contributed by atoms with Crippen molar-refractivity contribution in [1.82, 2.24) is 5.16 Å². The van der Waals surface area contributed by atoms with Crippen LogP contribution in [-0.2, 0) is 4.79 Å². The molecule has 4 rings (SSSR count). The number of aromatic nitrogens is 1. The Kier molecular flexibility index (Phi) is 3.89. The quantitative estimate of drug-likeness (QED) is 0.786. The van der Waals surface area contributed by atoms with Crippen LogP contribution in [0.1, 0.15) is 10.5 Å². The first kappa shape index (κ1) is 15.9. The second kappa shape index (κ2) is 6.36. The molecule has 2 amide bonds. The van der Waals surface area contributed by atoms with Gasteiger partial charge in [-0.2, -0.15) is 0 Å². The lowest BCUT2D eigenvalue weighted by molar-refractivity contribution is -0.120. The molecule has 1 aliphatic heterocycles. The highest BCUT2D eigenvalue weighted by Gasteiger charge is 2.23. The first-order valence-electron chi connectivity index (χ1n) is 7.99. The highest BCUT2D eigenvalue weighted by molar-refractivity contribution is 6.04. The number of carbonyl (C=O) groups is 2. The third-order valence-corrected chi connectivity index (χ3v) is 4.10. The first-order chi connectivity index (χ1) is 12.6. The van der Waals surface area contributed by atoms with Crippen LogP contribution >= 0.6 is 0 Å². The number of fused-ring (bicyclic) bond motifs is 1. The van der Waals surface area contributed by atoms with Crippen molar-refractivity contribution in [3.8, 4) is 17.1 Å². The van der Waals surface area contributed by atoms with Gasteiger partial charge < -0.3 is 19.5 Å². The Morgan fingerprint density at radius 2 is 1.96 bits per heavy atom. The number of anilines is 2.